The normalized spacial score (nSPS) is 11.6. The maximum atomic E-state index is 5.88. The number of nitrogens with zero attached hydrogens (tertiary/aromatic N) is 1. The third-order valence-corrected chi connectivity index (χ3v) is 2.93. The first-order chi connectivity index (χ1) is 7.00. The fourth-order valence-corrected chi connectivity index (χ4v) is 1.80. The molecule has 0 aliphatic rings. The molecule has 0 aliphatic heterocycles. The van der Waals surface area contributed by atoms with Gasteiger partial charge in [0.25, 0.3) is 0 Å². The number of hydrogen-bond acceptors (Lipinski definition) is 2. The lowest BCUT2D eigenvalue weighted by atomic mass is 10.1. The minimum Gasteiger partial charge on any atom is -0.460 e. The lowest BCUT2D eigenvalue weighted by Crippen LogP contribution is -1.90. The van der Waals surface area contributed by atoms with E-state index in [1.54, 1.807) is 0 Å². The molecule has 80 valence electrons. The highest BCUT2D eigenvalue weighted by Gasteiger charge is 2.13. The Bertz CT molecular complexity index is 509. The van der Waals surface area contributed by atoms with E-state index >= 15 is 0 Å². The van der Waals surface area contributed by atoms with Crippen molar-refractivity contribution in [2.75, 3.05) is 0 Å². The third-order valence-electron chi connectivity index (χ3n) is 2.93. The SMILES string of the molecule is Cc1nc(C)c2cc(C(C)C)oc2c1C. The van der Waals surface area contributed by atoms with Crippen LogP contribution in [0.4, 0.5) is 0 Å². The first kappa shape index (κ1) is 10.2. The van der Waals surface area contributed by atoms with Crippen LogP contribution in [0.25, 0.3) is 11.0 Å². The smallest absolute Gasteiger partial charge is 0.140 e. The average Bonchev–Trinajstić information content (AvgIpc) is 2.59. The number of aromatic nitrogens is 1. The van der Waals surface area contributed by atoms with E-state index in [1.165, 1.54) is 0 Å². The molecule has 0 radical (unpaired) electrons. The van der Waals surface area contributed by atoms with Crippen LogP contribution in [0, 0.1) is 20.8 Å². The Morgan fingerprint density at radius 3 is 2.40 bits per heavy atom. The van der Waals surface area contributed by atoms with Gasteiger partial charge in [0.15, 0.2) is 0 Å². The van der Waals surface area contributed by atoms with E-state index in [9.17, 15) is 0 Å². The van der Waals surface area contributed by atoms with Crippen molar-refractivity contribution in [3.05, 3.63) is 28.8 Å². The summed E-state index contributed by atoms with van der Waals surface area (Å²) < 4.78 is 5.88. The van der Waals surface area contributed by atoms with Crippen LogP contribution in [0.5, 0.6) is 0 Å². The van der Waals surface area contributed by atoms with E-state index in [0.29, 0.717) is 5.92 Å². The summed E-state index contributed by atoms with van der Waals surface area (Å²) in [7, 11) is 0. The van der Waals surface area contributed by atoms with E-state index in [-0.39, 0.29) is 0 Å². The molecule has 0 fully saturated rings. The molecule has 0 atom stereocenters. The average molecular weight is 203 g/mol. The highest BCUT2D eigenvalue weighted by Crippen LogP contribution is 2.29. The zero-order chi connectivity index (χ0) is 11.2. The van der Waals surface area contributed by atoms with Crippen LogP contribution >= 0.6 is 0 Å². The third kappa shape index (κ3) is 1.54. The van der Waals surface area contributed by atoms with Crippen molar-refractivity contribution in [1.29, 1.82) is 0 Å². The summed E-state index contributed by atoms with van der Waals surface area (Å²) in [5.74, 6) is 1.47. The molecule has 2 rings (SSSR count). The van der Waals surface area contributed by atoms with E-state index in [4.69, 9.17) is 4.42 Å². The van der Waals surface area contributed by atoms with E-state index < -0.39 is 0 Å². The monoisotopic (exact) mass is 203 g/mol. The maximum Gasteiger partial charge on any atom is 0.140 e. The lowest BCUT2D eigenvalue weighted by Gasteiger charge is -2.02. The Hall–Kier alpha value is -1.31. The van der Waals surface area contributed by atoms with Crippen LogP contribution in [-0.4, -0.2) is 4.98 Å². The molecular weight excluding hydrogens is 186 g/mol. The van der Waals surface area contributed by atoms with Gasteiger partial charge in [0.2, 0.25) is 0 Å². The largest absolute Gasteiger partial charge is 0.460 e. The molecule has 0 spiro atoms. The molecule has 0 N–H and O–H groups in total. The summed E-state index contributed by atoms with van der Waals surface area (Å²) in [6, 6.07) is 2.12. The Kier molecular flexibility index (Phi) is 2.29. The van der Waals surface area contributed by atoms with Crippen molar-refractivity contribution in [2.45, 2.75) is 40.5 Å². The van der Waals surface area contributed by atoms with Gasteiger partial charge in [0.1, 0.15) is 11.3 Å². The Balaban J connectivity index is 2.80. The Labute approximate surface area is 90.3 Å². The molecule has 0 aromatic carbocycles. The van der Waals surface area contributed by atoms with Crippen molar-refractivity contribution in [2.24, 2.45) is 0 Å². The summed E-state index contributed by atoms with van der Waals surface area (Å²) in [6.07, 6.45) is 0. The molecular formula is C13H17NO. The molecule has 0 aliphatic carbocycles. The van der Waals surface area contributed by atoms with Crippen LogP contribution in [0.1, 0.15) is 42.5 Å². The first-order valence-corrected chi connectivity index (χ1v) is 5.38. The molecule has 2 heteroatoms. The van der Waals surface area contributed by atoms with Crippen molar-refractivity contribution in [3.63, 3.8) is 0 Å². The van der Waals surface area contributed by atoms with Gasteiger partial charge in [-0.3, -0.25) is 4.98 Å². The predicted octanol–water partition coefficient (Wildman–Crippen LogP) is 3.88. The Morgan fingerprint density at radius 1 is 1.13 bits per heavy atom. The van der Waals surface area contributed by atoms with Crippen molar-refractivity contribution in [3.8, 4) is 0 Å². The van der Waals surface area contributed by atoms with Crippen LogP contribution in [-0.2, 0) is 0 Å². The van der Waals surface area contributed by atoms with Gasteiger partial charge in [-0.05, 0) is 26.8 Å². The highest BCUT2D eigenvalue weighted by molar-refractivity contribution is 5.83. The fourth-order valence-electron chi connectivity index (χ4n) is 1.80. The van der Waals surface area contributed by atoms with Gasteiger partial charge in [0.05, 0.1) is 0 Å². The van der Waals surface area contributed by atoms with Crippen molar-refractivity contribution >= 4 is 11.0 Å². The predicted molar refractivity (Wildman–Crippen MR) is 62.3 cm³/mol. The molecule has 2 aromatic rings. The summed E-state index contributed by atoms with van der Waals surface area (Å²) in [4.78, 5) is 4.51. The molecule has 0 unspecified atom stereocenters. The minimum absolute atomic E-state index is 0.427. The van der Waals surface area contributed by atoms with Crippen LogP contribution < -0.4 is 0 Å². The summed E-state index contributed by atoms with van der Waals surface area (Å²) in [6.45, 7) is 10.4. The number of rotatable bonds is 1. The van der Waals surface area contributed by atoms with Gasteiger partial charge in [-0.2, -0.15) is 0 Å². The number of hydrogen-bond donors (Lipinski definition) is 0. The molecule has 2 heterocycles. The van der Waals surface area contributed by atoms with Crippen molar-refractivity contribution < 1.29 is 4.42 Å². The second-order valence-electron chi connectivity index (χ2n) is 4.45. The second kappa shape index (κ2) is 3.37. The topological polar surface area (TPSA) is 26.0 Å². The number of furan rings is 1. The van der Waals surface area contributed by atoms with Gasteiger partial charge in [-0.1, -0.05) is 13.8 Å². The summed E-state index contributed by atoms with van der Waals surface area (Å²) in [5, 5.41) is 1.15. The summed E-state index contributed by atoms with van der Waals surface area (Å²) >= 11 is 0. The van der Waals surface area contributed by atoms with Crippen molar-refractivity contribution in [1.82, 2.24) is 4.98 Å². The molecule has 15 heavy (non-hydrogen) atoms. The lowest BCUT2D eigenvalue weighted by molar-refractivity contribution is 0.519. The first-order valence-electron chi connectivity index (χ1n) is 5.38. The van der Waals surface area contributed by atoms with Gasteiger partial charge in [-0.25, -0.2) is 0 Å². The van der Waals surface area contributed by atoms with Crippen LogP contribution in [0.3, 0.4) is 0 Å². The van der Waals surface area contributed by atoms with E-state index in [1.807, 2.05) is 13.8 Å². The minimum atomic E-state index is 0.427. The maximum absolute atomic E-state index is 5.88. The molecule has 0 saturated carbocycles. The van der Waals surface area contributed by atoms with Gasteiger partial charge in [-0.15, -0.1) is 0 Å². The van der Waals surface area contributed by atoms with Crippen LogP contribution in [0.2, 0.25) is 0 Å². The molecule has 0 amide bonds. The van der Waals surface area contributed by atoms with Gasteiger partial charge in [0, 0.05) is 28.3 Å². The molecule has 0 saturated heterocycles. The van der Waals surface area contributed by atoms with Gasteiger partial charge >= 0.3 is 0 Å². The highest BCUT2D eigenvalue weighted by atomic mass is 16.3. The van der Waals surface area contributed by atoms with E-state index in [0.717, 1.165) is 33.7 Å². The quantitative estimate of drug-likeness (QED) is 0.703. The molecule has 2 aromatic heterocycles. The van der Waals surface area contributed by atoms with E-state index in [2.05, 4.69) is 31.8 Å². The number of aryl methyl sites for hydroxylation is 3. The standard InChI is InChI=1S/C13H17NO/c1-7(2)12-6-11-10(5)14-9(4)8(3)13(11)15-12/h6-7H,1-5H3. The number of pyridine rings is 1. The second-order valence-corrected chi connectivity index (χ2v) is 4.45. The van der Waals surface area contributed by atoms with Gasteiger partial charge < -0.3 is 4.42 Å². The zero-order valence-corrected chi connectivity index (χ0v) is 10.0. The zero-order valence-electron chi connectivity index (χ0n) is 10.0. The fraction of sp³-hybridized carbons (Fsp3) is 0.462. The van der Waals surface area contributed by atoms with Crippen LogP contribution in [0.15, 0.2) is 10.5 Å². The molecule has 0 bridgehead atoms. The molecule has 2 nitrogen and oxygen atoms in total. The summed E-state index contributed by atoms with van der Waals surface area (Å²) in [5.41, 5.74) is 4.28. The number of fused-ring (bicyclic) bond motifs is 1. The Morgan fingerprint density at radius 2 is 1.80 bits per heavy atom.